The van der Waals surface area contributed by atoms with E-state index in [0.29, 0.717) is 5.41 Å². The Kier molecular flexibility index (Phi) is 4.04. The first kappa shape index (κ1) is 12.1. The third kappa shape index (κ3) is 2.52. The lowest BCUT2D eigenvalue weighted by Gasteiger charge is -2.32. The average Bonchev–Trinajstić information content (AvgIpc) is 2.39. The molecule has 0 nitrogen and oxygen atoms in total. The zero-order valence-electron chi connectivity index (χ0n) is 10.8. The van der Waals surface area contributed by atoms with Crippen molar-refractivity contribution in [3.05, 3.63) is 0 Å². The first-order valence-electron chi connectivity index (χ1n) is 6.48. The van der Waals surface area contributed by atoms with Crippen LogP contribution in [0.25, 0.3) is 0 Å². The van der Waals surface area contributed by atoms with Gasteiger partial charge in [0, 0.05) is 0 Å². The molecule has 0 amide bonds. The highest BCUT2D eigenvalue weighted by atomic mass is 14.4. The molecule has 84 valence electrons. The minimum Gasteiger partial charge on any atom is -0.0651 e. The van der Waals surface area contributed by atoms with Gasteiger partial charge in [-0.25, -0.2) is 0 Å². The third-order valence-electron chi connectivity index (χ3n) is 4.98. The maximum Gasteiger partial charge on any atom is -0.0300 e. The monoisotopic (exact) mass is 196 g/mol. The number of hydrogen-bond donors (Lipinski definition) is 0. The van der Waals surface area contributed by atoms with Crippen molar-refractivity contribution in [1.82, 2.24) is 0 Å². The quantitative estimate of drug-likeness (QED) is 0.601. The molecule has 1 saturated carbocycles. The normalized spacial score (nSPS) is 33.2. The first-order chi connectivity index (χ1) is 6.48. The summed E-state index contributed by atoms with van der Waals surface area (Å²) < 4.78 is 0. The van der Waals surface area contributed by atoms with Crippen molar-refractivity contribution >= 4 is 0 Å². The van der Waals surface area contributed by atoms with Gasteiger partial charge in [0.15, 0.2) is 0 Å². The van der Waals surface area contributed by atoms with Crippen molar-refractivity contribution < 1.29 is 0 Å². The molecule has 0 spiro atoms. The summed E-state index contributed by atoms with van der Waals surface area (Å²) in [4.78, 5) is 0. The van der Waals surface area contributed by atoms with Crippen LogP contribution >= 0.6 is 0 Å². The maximum absolute atomic E-state index is 2.48. The van der Waals surface area contributed by atoms with E-state index in [4.69, 9.17) is 0 Å². The number of rotatable bonds is 4. The highest BCUT2D eigenvalue weighted by Gasteiger charge is 2.39. The standard InChI is InChI=1S/C14H28/c1-6-11(2)7-9-13-10-8-12(3)14(13,4)5/h11-13H,6-10H2,1-5H3/t11-,12?,13+/m0/s1. The summed E-state index contributed by atoms with van der Waals surface area (Å²) in [5, 5.41) is 0. The lowest BCUT2D eigenvalue weighted by atomic mass is 9.74. The highest BCUT2D eigenvalue weighted by molar-refractivity contribution is 4.89. The Morgan fingerprint density at radius 2 is 1.93 bits per heavy atom. The summed E-state index contributed by atoms with van der Waals surface area (Å²) in [6.07, 6.45) is 7.19. The molecule has 1 fully saturated rings. The maximum atomic E-state index is 2.48. The van der Waals surface area contributed by atoms with Gasteiger partial charge in [-0.3, -0.25) is 0 Å². The van der Waals surface area contributed by atoms with E-state index in [9.17, 15) is 0 Å². The van der Waals surface area contributed by atoms with E-state index >= 15 is 0 Å². The molecule has 1 aliphatic carbocycles. The second-order valence-electron chi connectivity index (χ2n) is 6.09. The second kappa shape index (κ2) is 4.68. The summed E-state index contributed by atoms with van der Waals surface area (Å²) >= 11 is 0. The highest BCUT2D eigenvalue weighted by Crippen LogP contribution is 2.49. The van der Waals surface area contributed by atoms with Crippen LogP contribution in [0.2, 0.25) is 0 Å². The first-order valence-corrected chi connectivity index (χ1v) is 6.48. The molecule has 14 heavy (non-hydrogen) atoms. The Morgan fingerprint density at radius 3 is 2.36 bits per heavy atom. The molecule has 1 rings (SSSR count). The summed E-state index contributed by atoms with van der Waals surface area (Å²) in [6.45, 7) is 12.1. The van der Waals surface area contributed by atoms with Gasteiger partial charge in [0.1, 0.15) is 0 Å². The topological polar surface area (TPSA) is 0 Å². The smallest absolute Gasteiger partial charge is 0.0300 e. The zero-order chi connectivity index (χ0) is 10.8. The van der Waals surface area contributed by atoms with Gasteiger partial charge in [0.25, 0.3) is 0 Å². The molecule has 0 radical (unpaired) electrons. The molecule has 0 saturated heterocycles. The average molecular weight is 196 g/mol. The molecule has 0 heterocycles. The summed E-state index contributed by atoms with van der Waals surface area (Å²) in [7, 11) is 0. The fourth-order valence-electron chi connectivity index (χ4n) is 2.80. The Labute approximate surface area is 90.5 Å². The lowest BCUT2D eigenvalue weighted by Crippen LogP contribution is -2.23. The van der Waals surface area contributed by atoms with E-state index in [1.54, 1.807) is 0 Å². The molecule has 0 aromatic rings. The van der Waals surface area contributed by atoms with Crippen molar-refractivity contribution in [1.29, 1.82) is 0 Å². The van der Waals surface area contributed by atoms with Crippen LogP contribution in [0.3, 0.4) is 0 Å². The molecule has 0 aromatic carbocycles. The Balaban J connectivity index is 2.39. The van der Waals surface area contributed by atoms with E-state index in [1.807, 2.05) is 0 Å². The fourth-order valence-corrected chi connectivity index (χ4v) is 2.80. The predicted octanol–water partition coefficient (Wildman–Crippen LogP) is 4.89. The molecule has 3 atom stereocenters. The molecule has 0 bridgehead atoms. The SMILES string of the molecule is CC[C@H](C)CC[C@@H]1CCC(C)C1(C)C. The van der Waals surface area contributed by atoms with Gasteiger partial charge in [-0.1, -0.05) is 47.5 Å². The van der Waals surface area contributed by atoms with Crippen LogP contribution in [0.15, 0.2) is 0 Å². The molecule has 0 aliphatic heterocycles. The van der Waals surface area contributed by atoms with E-state index in [2.05, 4.69) is 34.6 Å². The molecular formula is C14H28. The molecule has 1 aliphatic rings. The number of hydrogen-bond acceptors (Lipinski definition) is 0. The van der Waals surface area contributed by atoms with Crippen molar-refractivity contribution in [3.63, 3.8) is 0 Å². The summed E-state index contributed by atoms with van der Waals surface area (Å²) in [5.74, 6) is 2.86. The van der Waals surface area contributed by atoms with Gasteiger partial charge in [-0.15, -0.1) is 0 Å². The van der Waals surface area contributed by atoms with Crippen LogP contribution in [0.1, 0.15) is 66.7 Å². The van der Waals surface area contributed by atoms with Crippen molar-refractivity contribution in [3.8, 4) is 0 Å². The van der Waals surface area contributed by atoms with Gasteiger partial charge < -0.3 is 0 Å². The van der Waals surface area contributed by atoms with Gasteiger partial charge in [-0.2, -0.15) is 0 Å². The van der Waals surface area contributed by atoms with E-state index in [-0.39, 0.29) is 0 Å². The Hall–Kier alpha value is 0. The Bertz CT molecular complexity index is 169. The minimum absolute atomic E-state index is 0.605. The third-order valence-corrected chi connectivity index (χ3v) is 4.98. The van der Waals surface area contributed by atoms with Crippen LogP contribution in [0.4, 0.5) is 0 Å². The molecular weight excluding hydrogens is 168 g/mol. The zero-order valence-corrected chi connectivity index (χ0v) is 10.8. The van der Waals surface area contributed by atoms with Gasteiger partial charge in [-0.05, 0) is 42.4 Å². The van der Waals surface area contributed by atoms with Crippen LogP contribution in [0.5, 0.6) is 0 Å². The predicted molar refractivity (Wildman–Crippen MR) is 64.4 cm³/mol. The summed E-state index contributed by atoms with van der Waals surface area (Å²) in [6, 6.07) is 0. The van der Waals surface area contributed by atoms with E-state index in [1.165, 1.54) is 32.1 Å². The second-order valence-corrected chi connectivity index (χ2v) is 6.09. The minimum atomic E-state index is 0.605. The van der Waals surface area contributed by atoms with Gasteiger partial charge in [0.05, 0.1) is 0 Å². The van der Waals surface area contributed by atoms with Crippen LogP contribution in [-0.2, 0) is 0 Å². The summed E-state index contributed by atoms with van der Waals surface area (Å²) in [5.41, 5.74) is 0.605. The van der Waals surface area contributed by atoms with Crippen LogP contribution in [0, 0.1) is 23.2 Å². The molecule has 0 heteroatoms. The van der Waals surface area contributed by atoms with Crippen molar-refractivity contribution in [2.24, 2.45) is 23.2 Å². The fraction of sp³-hybridized carbons (Fsp3) is 1.00. The van der Waals surface area contributed by atoms with Crippen LogP contribution < -0.4 is 0 Å². The molecule has 0 N–H and O–H groups in total. The van der Waals surface area contributed by atoms with E-state index in [0.717, 1.165) is 17.8 Å². The Morgan fingerprint density at radius 1 is 1.29 bits per heavy atom. The van der Waals surface area contributed by atoms with E-state index < -0.39 is 0 Å². The van der Waals surface area contributed by atoms with Crippen molar-refractivity contribution in [2.45, 2.75) is 66.7 Å². The van der Waals surface area contributed by atoms with Crippen molar-refractivity contribution in [2.75, 3.05) is 0 Å². The van der Waals surface area contributed by atoms with Gasteiger partial charge in [0.2, 0.25) is 0 Å². The van der Waals surface area contributed by atoms with Crippen LogP contribution in [-0.4, -0.2) is 0 Å². The molecule has 1 unspecified atom stereocenters. The molecule has 0 aromatic heterocycles. The largest absolute Gasteiger partial charge is 0.0651 e. The lowest BCUT2D eigenvalue weighted by molar-refractivity contribution is 0.180. The van der Waals surface area contributed by atoms with Gasteiger partial charge >= 0.3 is 0 Å².